The van der Waals surface area contributed by atoms with Crippen molar-refractivity contribution >= 4 is 5.78 Å². The summed E-state index contributed by atoms with van der Waals surface area (Å²) in [5.41, 5.74) is 7.04. The van der Waals surface area contributed by atoms with Gasteiger partial charge < -0.3 is 15.9 Å². The molecule has 0 spiro atoms. The van der Waals surface area contributed by atoms with Crippen LogP contribution in [0.3, 0.4) is 0 Å². The third kappa shape index (κ3) is 2.27. The summed E-state index contributed by atoms with van der Waals surface area (Å²) in [5.74, 6) is 1.35. The van der Waals surface area contributed by atoms with E-state index in [0.717, 1.165) is 19.3 Å². The molecule has 138 valence electrons. The maximum atomic E-state index is 12.5. The van der Waals surface area contributed by atoms with Gasteiger partial charge in [0.25, 0.3) is 0 Å². The lowest BCUT2D eigenvalue weighted by Crippen LogP contribution is -2.54. The predicted octanol–water partition coefficient (Wildman–Crippen LogP) is 2.20. The standard InChI is InChI=1S/C21H31NO3/c1-20-8-7-16-14(15(20)5-6-19(20)22)4-3-12-9-13(24)10-17(18(25)11-23)21(12,16)2/h3-4,10,12-16,19,23-24H,5-9,11,22H2,1-2H3/t12?,13?,14-,15-,16+,19?,20-,21-/m0/s1. The minimum absolute atomic E-state index is 0.165. The average Bonchev–Trinajstić information content (AvgIpc) is 2.89. The van der Waals surface area contributed by atoms with Crippen LogP contribution in [0.1, 0.15) is 46.0 Å². The largest absolute Gasteiger partial charge is 0.389 e. The summed E-state index contributed by atoms with van der Waals surface area (Å²) in [5, 5.41) is 19.7. The average molecular weight is 345 g/mol. The molecule has 0 heterocycles. The molecule has 0 aliphatic heterocycles. The molecule has 4 heteroatoms. The first-order valence-corrected chi connectivity index (χ1v) is 9.80. The van der Waals surface area contributed by atoms with E-state index in [-0.39, 0.29) is 28.6 Å². The number of hydrogen-bond acceptors (Lipinski definition) is 4. The van der Waals surface area contributed by atoms with E-state index in [4.69, 9.17) is 5.73 Å². The second-order valence-electron chi connectivity index (χ2n) is 9.26. The van der Waals surface area contributed by atoms with Crippen molar-refractivity contribution in [3.05, 3.63) is 23.8 Å². The van der Waals surface area contributed by atoms with Crippen molar-refractivity contribution in [3.8, 4) is 0 Å². The number of aliphatic hydroxyl groups excluding tert-OH is 2. The van der Waals surface area contributed by atoms with Crippen LogP contribution in [0.5, 0.6) is 0 Å². The molecule has 4 rings (SSSR count). The number of aliphatic hydroxyl groups is 2. The number of rotatable bonds is 2. The molecular formula is C21H31NO3. The summed E-state index contributed by atoms with van der Waals surface area (Å²) in [6, 6.07) is 0.277. The zero-order chi connectivity index (χ0) is 18.0. The van der Waals surface area contributed by atoms with Gasteiger partial charge in [-0.1, -0.05) is 26.0 Å². The molecule has 0 saturated heterocycles. The van der Waals surface area contributed by atoms with Gasteiger partial charge >= 0.3 is 0 Å². The van der Waals surface area contributed by atoms with Crippen LogP contribution in [-0.2, 0) is 4.79 Å². The highest BCUT2D eigenvalue weighted by Crippen LogP contribution is 2.64. The number of Topliss-reactive ketones (excluding diaryl/α,β-unsaturated/α-hetero) is 1. The Labute approximate surface area is 150 Å². The van der Waals surface area contributed by atoms with E-state index in [1.165, 1.54) is 6.42 Å². The van der Waals surface area contributed by atoms with Crippen molar-refractivity contribution in [3.63, 3.8) is 0 Å². The molecule has 2 saturated carbocycles. The van der Waals surface area contributed by atoms with E-state index in [2.05, 4.69) is 26.0 Å². The lowest BCUT2D eigenvalue weighted by molar-refractivity contribution is -0.122. The van der Waals surface area contributed by atoms with Crippen LogP contribution in [0.4, 0.5) is 0 Å². The van der Waals surface area contributed by atoms with Gasteiger partial charge in [-0.3, -0.25) is 4.79 Å². The van der Waals surface area contributed by atoms with Gasteiger partial charge in [0.1, 0.15) is 6.61 Å². The predicted molar refractivity (Wildman–Crippen MR) is 96.6 cm³/mol. The molecule has 0 aromatic rings. The number of allylic oxidation sites excluding steroid dienone is 2. The normalized spacial score (nSPS) is 51.3. The lowest BCUT2D eigenvalue weighted by Gasteiger charge is -2.58. The van der Waals surface area contributed by atoms with Crippen LogP contribution in [0.25, 0.3) is 0 Å². The van der Waals surface area contributed by atoms with Gasteiger partial charge in [-0.25, -0.2) is 0 Å². The highest BCUT2D eigenvalue weighted by molar-refractivity contribution is 5.98. The summed E-state index contributed by atoms with van der Waals surface area (Å²) >= 11 is 0. The Morgan fingerprint density at radius 3 is 2.72 bits per heavy atom. The van der Waals surface area contributed by atoms with Crippen molar-refractivity contribution in [1.29, 1.82) is 0 Å². The van der Waals surface area contributed by atoms with Gasteiger partial charge in [0.05, 0.1) is 6.10 Å². The van der Waals surface area contributed by atoms with Gasteiger partial charge in [0.2, 0.25) is 0 Å². The van der Waals surface area contributed by atoms with Gasteiger partial charge in [-0.05, 0) is 67.3 Å². The van der Waals surface area contributed by atoms with Crippen LogP contribution >= 0.6 is 0 Å². The Bertz CT molecular complexity index is 641. The third-order valence-corrected chi connectivity index (χ3v) is 8.39. The molecule has 25 heavy (non-hydrogen) atoms. The minimum Gasteiger partial charge on any atom is -0.389 e. The highest BCUT2D eigenvalue weighted by atomic mass is 16.3. The monoisotopic (exact) mass is 345 g/mol. The summed E-state index contributed by atoms with van der Waals surface area (Å²) in [7, 11) is 0. The number of ketones is 1. The molecule has 0 bridgehead atoms. The van der Waals surface area contributed by atoms with Gasteiger partial charge in [0.15, 0.2) is 5.78 Å². The molecule has 0 radical (unpaired) electrons. The first kappa shape index (κ1) is 17.4. The molecule has 0 aromatic carbocycles. The number of fused-ring (bicyclic) bond motifs is 5. The van der Waals surface area contributed by atoms with Crippen molar-refractivity contribution in [2.24, 2.45) is 40.2 Å². The number of hydrogen-bond donors (Lipinski definition) is 3. The Balaban J connectivity index is 1.77. The summed E-state index contributed by atoms with van der Waals surface area (Å²) in [6.45, 7) is 4.07. The first-order valence-electron chi connectivity index (χ1n) is 9.80. The lowest BCUT2D eigenvalue weighted by atomic mass is 9.46. The van der Waals surface area contributed by atoms with Gasteiger partial charge in [-0.15, -0.1) is 0 Å². The van der Waals surface area contributed by atoms with Crippen molar-refractivity contribution in [1.82, 2.24) is 0 Å². The van der Waals surface area contributed by atoms with E-state index in [1.54, 1.807) is 6.08 Å². The van der Waals surface area contributed by atoms with E-state index in [1.807, 2.05) is 0 Å². The molecule has 4 aliphatic rings. The molecule has 3 unspecified atom stereocenters. The van der Waals surface area contributed by atoms with Crippen LogP contribution in [0, 0.1) is 34.5 Å². The molecule has 0 amide bonds. The molecule has 0 aromatic heterocycles. The molecule has 2 fully saturated rings. The van der Waals surface area contributed by atoms with Gasteiger partial charge in [0, 0.05) is 17.0 Å². The number of carbonyl (C=O) groups excluding carboxylic acids is 1. The summed E-state index contributed by atoms with van der Waals surface area (Å²) in [6.07, 6.45) is 10.8. The SMILES string of the molecule is C[C@]12C(C(=O)CO)=CC(O)CC1C=C[C@@H]1[C@H]2CC[C@]2(C)C(N)CC[C@@H]12. The number of nitrogens with two attached hydrogens (primary N) is 1. The zero-order valence-electron chi connectivity index (χ0n) is 15.3. The van der Waals surface area contributed by atoms with Crippen LogP contribution in [-0.4, -0.2) is 34.7 Å². The fourth-order valence-corrected chi connectivity index (χ4v) is 6.84. The van der Waals surface area contributed by atoms with Crippen molar-refractivity contribution in [2.75, 3.05) is 6.61 Å². The molecule has 4 nitrogen and oxygen atoms in total. The zero-order valence-corrected chi connectivity index (χ0v) is 15.3. The quantitative estimate of drug-likeness (QED) is 0.670. The maximum absolute atomic E-state index is 12.5. The van der Waals surface area contributed by atoms with E-state index < -0.39 is 12.7 Å². The second-order valence-corrected chi connectivity index (χ2v) is 9.26. The van der Waals surface area contributed by atoms with Crippen LogP contribution < -0.4 is 5.73 Å². The Morgan fingerprint density at radius 2 is 2.00 bits per heavy atom. The summed E-state index contributed by atoms with van der Waals surface area (Å²) in [4.78, 5) is 12.5. The third-order valence-electron chi connectivity index (χ3n) is 8.39. The smallest absolute Gasteiger partial charge is 0.184 e. The molecular weight excluding hydrogens is 314 g/mol. The molecule has 8 atom stereocenters. The van der Waals surface area contributed by atoms with E-state index in [9.17, 15) is 15.0 Å². The molecule has 4 aliphatic carbocycles. The Kier molecular flexibility index (Phi) is 4.02. The maximum Gasteiger partial charge on any atom is 0.184 e. The minimum atomic E-state index is -0.599. The number of carbonyl (C=O) groups is 1. The highest BCUT2D eigenvalue weighted by Gasteiger charge is 2.59. The first-order chi connectivity index (χ1) is 11.8. The Hall–Kier alpha value is -0.970. The second kappa shape index (κ2) is 5.77. The van der Waals surface area contributed by atoms with E-state index >= 15 is 0 Å². The van der Waals surface area contributed by atoms with Gasteiger partial charge in [-0.2, -0.15) is 0 Å². The van der Waals surface area contributed by atoms with Crippen molar-refractivity contribution < 1.29 is 15.0 Å². The summed E-state index contributed by atoms with van der Waals surface area (Å²) < 4.78 is 0. The van der Waals surface area contributed by atoms with Crippen LogP contribution in [0.15, 0.2) is 23.8 Å². The topological polar surface area (TPSA) is 83.5 Å². The van der Waals surface area contributed by atoms with Crippen LogP contribution in [0.2, 0.25) is 0 Å². The molecule has 4 N–H and O–H groups in total. The Morgan fingerprint density at radius 1 is 1.24 bits per heavy atom. The fourth-order valence-electron chi connectivity index (χ4n) is 6.84. The van der Waals surface area contributed by atoms with E-state index in [0.29, 0.717) is 29.7 Å². The fraction of sp³-hybridized carbons (Fsp3) is 0.762. The van der Waals surface area contributed by atoms with Crippen molar-refractivity contribution in [2.45, 2.75) is 58.1 Å².